The van der Waals surface area contributed by atoms with Gasteiger partial charge in [0.1, 0.15) is 18.0 Å². The number of hydrogen-bond donors (Lipinski definition) is 0. The second-order valence-corrected chi connectivity index (χ2v) is 5.00. The third kappa shape index (κ3) is 3.81. The molecule has 0 spiro atoms. The van der Waals surface area contributed by atoms with Crippen molar-refractivity contribution in [2.45, 2.75) is 19.6 Å². The van der Waals surface area contributed by atoms with E-state index in [0.29, 0.717) is 0 Å². The number of rotatable bonds is 5. The number of halogens is 3. The Labute approximate surface area is 140 Å². The highest BCUT2D eigenvalue weighted by Gasteiger charge is 2.31. The predicted molar refractivity (Wildman–Crippen MR) is 83.7 cm³/mol. The number of hydrogen-bond acceptors (Lipinski definition) is 5. The van der Waals surface area contributed by atoms with E-state index < -0.39 is 29.8 Å². The highest BCUT2D eigenvalue weighted by Crippen LogP contribution is 2.32. The van der Waals surface area contributed by atoms with Gasteiger partial charge in [-0.2, -0.15) is 18.3 Å². The van der Waals surface area contributed by atoms with Gasteiger partial charge in [0, 0.05) is 5.39 Å². The van der Waals surface area contributed by atoms with Crippen LogP contribution in [0.1, 0.15) is 18.2 Å². The van der Waals surface area contributed by atoms with Crippen LogP contribution in [0, 0.1) is 0 Å². The number of aromatic nitrogens is 2. The van der Waals surface area contributed by atoms with Gasteiger partial charge in [-0.15, -0.1) is 0 Å². The minimum atomic E-state index is -4.58. The molecule has 0 aliphatic heterocycles. The van der Waals surface area contributed by atoms with Crippen molar-refractivity contribution >= 4 is 22.5 Å². The smallest absolute Gasteiger partial charge is 0.416 e. The Morgan fingerprint density at radius 1 is 1.32 bits per heavy atom. The van der Waals surface area contributed by atoms with Crippen molar-refractivity contribution in [2.75, 3.05) is 13.7 Å². The monoisotopic (exact) mass is 356 g/mol. The Balaban J connectivity index is 2.72. The van der Waals surface area contributed by atoms with Crippen LogP contribution < -0.4 is 5.56 Å². The van der Waals surface area contributed by atoms with E-state index >= 15 is 0 Å². The van der Waals surface area contributed by atoms with Crippen LogP contribution in [0.15, 0.2) is 29.6 Å². The number of ether oxygens (including phenoxy) is 2. The molecule has 0 saturated carbocycles. The van der Waals surface area contributed by atoms with Crippen molar-refractivity contribution in [3.63, 3.8) is 0 Å². The van der Waals surface area contributed by atoms with Gasteiger partial charge < -0.3 is 9.47 Å². The molecule has 9 heteroatoms. The second kappa shape index (κ2) is 6.96. The molecule has 0 aliphatic rings. The molecule has 0 atom stereocenters. The zero-order valence-corrected chi connectivity index (χ0v) is 13.5. The van der Waals surface area contributed by atoms with Crippen LogP contribution in [0.4, 0.5) is 13.2 Å². The fraction of sp³-hybridized carbons (Fsp3) is 0.312. The first-order valence-corrected chi connectivity index (χ1v) is 7.20. The maximum Gasteiger partial charge on any atom is 0.416 e. The van der Waals surface area contributed by atoms with Crippen LogP contribution in [-0.2, 0) is 27.0 Å². The fourth-order valence-corrected chi connectivity index (χ4v) is 2.20. The first kappa shape index (κ1) is 18.5. The number of carbonyl (C=O) groups is 1. The van der Waals surface area contributed by atoms with Crippen molar-refractivity contribution in [2.24, 2.45) is 0 Å². The Hall–Kier alpha value is -2.84. The van der Waals surface area contributed by atoms with Crippen molar-refractivity contribution in [3.05, 3.63) is 46.4 Å². The molecule has 0 aliphatic carbocycles. The summed E-state index contributed by atoms with van der Waals surface area (Å²) in [5.74, 6) is -0.737. The summed E-state index contributed by atoms with van der Waals surface area (Å²) >= 11 is 0. The molecule has 0 unspecified atom stereocenters. The normalized spacial score (nSPS) is 11.4. The van der Waals surface area contributed by atoms with Gasteiger partial charge in [0.05, 0.1) is 24.7 Å². The number of esters is 1. The lowest BCUT2D eigenvalue weighted by Gasteiger charge is -2.13. The molecule has 2 aromatic rings. The molecule has 6 nitrogen and oxygen atoms in total. The average Bonchev–Trinajstić information content (AvgIpc) is 2.55. The lowest BCUT2D eigenvalue weighted by molar-refractivity contribution is -0.144. The second-order valence-electron chi connectivity index (χ2n) is 5.00. The molecule has 1 aromatic carbocycles. The third-order valence-corrected chi connectivity index (χ3v) is 3.38. The highest BCUT2D eigenvalue weighted by molar-refractivity contribution is 5.90. The quantitative estimate of drug-likeness (QED) is 0.608. The minimum Gasteiger partial charge on any atom is -0.495 e. The summed E-state index contributed by atoms with van der Waals surface area (Å²) in [6, 6.07) is 2.63. The number of carbonyl (C=O) groups excluding carboxylic acids is 1. The first-order valence-electron chi connectivity index (χ1n) is 7.20. The molecule has 0 N–H and O–H groups in total. The van der Waals surface area contributed by atoms with Crippen molar-refractivity contribution in [1.29, 1.82) is 0 Å². The SMILES string of the molecule is C=C(OC)c1nn(CC(=O)OCC)c(=O)c2ccc(C(F)(F)F)cc12. The molecule has 25 heavy (non-hydrogen) atoms. The zero-order valence-electron chi connectivity index (χ0n) is 13.5. The lowest BCUT2D eigenvalue weighted by atomic mass is 10.1. The van der Waals surface area contributed by atoms with Crippen LogP contribution in [0.2, 0.25) is 0 Å². The van der Waals surface area contributed by atoms with Gasteiger partial charge >= 0.3 is 12.1 Å². The third-order valence-electron chi connectivity index (χ3n) is 3.38. The highest BCUT2D eigenvalue weighted by atomic mass is 19.4. The summed E-state index contributed by atoms with van der Waals surface area (Å²) in [6.07, 6.45) is -4.58. The summed E-state index contributed by atoms with van der Waals surface area (Å²) in [7, 11) is 1.27. The largest absolute Gasteiger partial charge is 0.495 e. The van der Waals surface area contributed by atoms with E-state index in [-0.39, 0.29) is 28.8 Å². The van der Waals surface area contributed by atoms with Crippen LogP contribution in [0.5, 0.6) is 0 Å². The van der Waals surface area contributed by atoms with Gasteiger partial charge in [-0.1, -0.05) is 6.58 Å². The maximum absolute atomic E-state index is 12.9. The van der Waals surface area contributed by atoms with E-state index in [9.17, 15) is 22.8 Å². The number of methoxy groups -OCH3 is 1. The van der Waals surface area contributed by atoms with Gasteiger partial charge in [0.2, 0.25) is 0 Å². The molecule has 0 fully saturated rings. The van der Waals surface area contributed by atoms with Gasteiger partial charge in [0.15, 0.2) is 0 Å². The Morgan fingerprint density at radius 3 is 2.56 bits per heavy atom. The maximum atomic E-state index is 12.9. The Bertz CT molecular complexity index is 887. The Kier molecular flexibility index (Phi) is 5.15. The number of benzene rings is 1. The molecule has 0 saturated heterocycles. The van der Waals surface area contributed by atoms with E-state index in [1.807, 2.05) is 0 Å². The van der Waals surface area contributed by atoms with E-state index in [1.54, 1.807) is 6.92 Å². The summed E-state index contributed by atoms with van der Waals surface area (Å²) in [5, 5.41) is 3.82. The number of nitrogens with zero attached hydrogens (tertiary/aromatic N) is 2. The molecule has 0 bridgehead atoms. The van der Waals surface area contributed by atoms with Crippen molar-refractivity contribution in [3.8, 4) is 0 Å². The van der Waals surface area contributed by atoms with Crippen LogP contribution in [-0.4, -0.2) is 29.5 Å². The first-order chi connectivity index (χ1) is 11.7. The van der Waals surface area contributed by atoms with E-state index in [0.717, 1.165) is 22.9 Å². The molecule has 0 radical (unpaired) electrons. The van der Waals surface area contributed by atoms with Gasteiger partial charge in [-0.05, 0) is 25.1 Å². The van der Waals surface area contributed by atoms with Crippen molar-refractivity contribution < 1.29 is 27.4 Å². The van der Waals surface area contributed by atoms with Crippen LogP contribution >= 0.6 is 0 Å². The predicted octanol–water partition coefficient (Wildman–Crippen LogP) is 2.60. The van der Waals surface area contributed by atoms with Gasteiger partial charge in [-0.3, -0.25) is 9.59 Å². The summed E-state index contributed by atoms with van der Waals surface area (Å²) in [6.45, 7) is 4.82. The minimum absolute atomic E-state index is 0.0399. The molecule has 0 amide bonds. The molecular weight excluding hydrogens is 341 g/mol. The summed E-state index contributed by atoms with van der Waals surface area (Å²) in [5.41, 5.74) is -1.72. The van der Waals surface area contributed by atoms with Crippen molar-refractivity contribution in [1.82, 2.24) is 9.78 Å². The van der Waals surface area contributed by atoms with Crippen LogP contribution in [0.3, 0.4) is 0 Å². The molecular formula is C16H15F3N2O4. The van der Waals surface area contributed by atoms with Gasteiger partial charge in [0.25, 0.3) is 5.56 Å². The summed E-state index contributed by atoms with van der Waals surface area (Å²) < 4.78 is 49.4. The standard InChI is InChI=1S/C16H15F3N2O4/c1-4-25-13(22)8-21-15(23)11-6-5-10(16(17,18)19)7-12(11)14(20-21)9(2)24-3/h5-7H,2,4,8H2,1,3H3. The van der Waals surface area contributed by atoms with Gasteiger partial charge in [-0.25, -0.2) is 4.68 Å². The molecule has 1 aromatic heterocycles. The fourth-order valence-electron chi connectivity index (χ4n) is 2.20. The van der Waals surface area contributed by atoms with E-state index in [4.69, 9.17) is 9.47 Å². The summed E-state index contributed by atoms with van der Waals surface area (Å²) in [4.78, 5) is 24.0. The molecule has 134 valence electrons. The van der Waals surface area contributed by atoms with E-state index in [1.165, 1.54) is 7.11 Å². The van der Waals surface area contributed by atoms with Crippen LogP contribution in [0.25, 0.3) is 16.5 Å². The van der Waals surface area contributed by atoms with E-state index in [2.05, 4.69) is 11.7 Å². The molecule has 1 heterocycles. The number of alkyl halides is 3. The average molecular weight is 356 g/mol. The zero-order chi connectivity index (χ0) is 18.8. The molecule has 2 rings (SSSR count). The number of fused-ring (bicyclic) bond motifs is 1. The Morgan fingerprint density at radius 2 is 2.00 bits per heavy atom. The lowest BCUT2D eigenvalue weighted by Crippen LogP contribution is -2.29. The topological polar surface area (TPSA) is 70.4 Å².